The zero-order valence-electron chi connectivity index (χ0n) is 12.4. The van der Waals surface area contributed by atoms with Crippen LogP contribution >= 0.6 is 15.9 Å². The van der Waals surface area contributed by atoms with Gasteiger partial charge in [-0.05, 0) is 39.7 Å². The molecule has 0 atom stereocenters. The average Bonchev–Trinajstić information content (AvgIpc) is 3.14. The van der Waals surface area contributed by atoms with Crippen molar-refractivity contribution in [3.05, 3.63) is 70.6 Å². The van der Waals surface area contributed by atoms with Gasteiger partial charge in [0, 0.05) is 22.8 Å². The van der Waals surface area contributed by atoms with E-state index in [4.69, 9.17) is 5.73 Å². The van der Waals surface area contributed by atoms with Crippen LogP contribution in [0.3, 0.4) is 0 Å². The summed E-state index contributed by atoms with van der Waals surface area (Å²) in [5.74, 6) is 0.0914. The molecule has 0 amide bonds. The highest BCUT2D eigenvalue weighted by molar-refractivity contribution is 9.10. The maximum atomic E-state index is 13.9. The quantitative estimate of drug-likeness (QED) is 0.587. The van der Waals surface area contributed by atoms with Gasteiger partial charge in [-0.15, -0.1) is 0 Å². The van der Waals surface area contributed by atoms with Gasteiger partial charge in [-0.25, -0.2) is 18.6 Å². The minimum absolute atomic E-state index is 0.316. The van der Waals surface area contributed by atoms with Gasteiger partial charge in [0.25, 0.3) is 0 Å². The number of anilines is 1. The van der Waals surface area contributed by atoms with Crippen LogP contribution in [0.15, 0.2) is 53.5 Å². The number of nitrogens with zero attached hydrogens (tertiary/aromatic N) is 5. The van der Waals surface area contributed by atoms with Crippen LogP contribution in [0.2, 0.25) is 0 Å². The molecule has 6 nitrogen and oxygen atoms in total. The van der Waals surface area contributed by atoms with E-state index in [1.807, 2.05) is 6.07 Å². The second kappa shape index (κ2) is 5.72. The van der Waals surface area contributed by atoms with E-state index in [1.165, 1.54) is 17.1 Å². The monoisotopic (exact) mass is 386 g/mol. The number of hydrogen-bond donors (Lipinski definition) is 1. The third-order valence-electron chi connectivity index (χ3n) is 3.73. The van der Waals surface area contributed by atoms with E-state index < -0.39 is 0 Å². The van der Waals surface area contributed by atoms with E-state index in [9.17, 15) is 4.39 Å². The van der Waals surface area contributed by atoms with E-state index in [2.05, 4.69) is 31.1 Å². The Bertz CT molecular complexity index is 1040. The number of rotatable bonds is 3. The highest BCUT2D eigenvalue weighted by atomic mass is 79.9. The van der Waals surface area contributed by atoms with Crippen LogP contribution in [0.1, 0.15) is 11.3 Å². The van der Waals surface area contributed by atoms with Crippen LogP contribution < -0.4 is 5.73 Å². The minimum atomic E-state index is -0.316. The Hall–Kier alpha value is -2.74. The Morgan fingerprint density at radius 1 is 1.21 bits per heavy atom. The summed E-state index contributed by atoms with van der Waals surface area (Å²) < 4.78 is 18.0. The van der Waals surface area contributed by atoms with Crippen LogP contribution in [0, 0.1) is 5.82 Å². The predicted octanol–water partition coefficient (Wildman–Crippen LogP) is 2.99. The molecule has 120 valence electrons. The Balaban J connectivity index is 1.70. The molecule has 0 spiro atoms. The number of fused-ring (bicyclic) bond motifs is 1. The standard InChI is InChI=1S/C16H12BrFN6/c17-12-6-11(24-15(12)16(19)20-9-22-24)5-10-7-21-23(8-10)14-4-2-1-3-13(14)18/h1-4,6-9H,5H2,(H2,19,20,22). The van der Waals surface area contributed by atoms with Crippen LogP contribution in [0.25, 0.3) is 11.2 Å². The molecule has 0 aliphatic heterocycles. The zero-order chi connectivity index (χ0) is 16.7. The predicted molar refractivity (Wildman–Crippen MR) is 91.4 cm³/mol. The van der Waals surface area contributed by atoms with Gasteiger partial charge in [0.2, 0.25) is 0 Å². The fourth-order valence-corrected chi connectivity index (χ4v) is 3.28. The van der Waals surface area contributed by atoms with E-state index in [-0.39, 0.29) is 5.82 Å². The van der Waals surface area contributed by atoms with Crippen molar-refractivity contribution < 1.29 is 4.39 Å². The third kappa shape index (κ3) is 2.44. The molecule has 4 rings (SSSR count). The van der Waals surface area contributed by atoms with Crippen molar-refractivity contribution in [2.75, 3.05) is 5.73 Å². The van der Waals surface area contributed by atoms with Crippen LogP contribution in [-0.4, -0.2) is 24.4 Å². The van der Waals surface area contributed by atoms with E-state index >= 15 is 0 Å². The van der Waals surface area contributed by atoms with E-state index in [0.29, 0.717) is 17.9 Å². The molecule has 0 saturated heterocycles. The van der Waals surface area contributed by atoms with Crippen molar-refractivity contribution in [3.63, 3.8) is 0 Å². The van der Waals surface area contributed by atoms with Crippen molar-refractivity contribution in [3.8, 4) is 5.69 Å². The highest BCUT2D eigenvalue weighted by Gasteiger charge is 2.13. The molecule has 24 heavy (non-hydrogen) atoms. The lowest BCUT2D eigenvalue weighted by atomic mass is 10.2. The molecule has 0 aliphatic rings. The summed E-state index contributed by atoms with van der Waals surface area (Å²) in [4.78, 5) is 4.00. The lowest BCUT2D eigenvalue weighted by Gasteiger charge is -2.02. The Kier molecular flexibility index (Phi) is 3.53. The van der Waals surface area contributed by atoms with Crippen molar-refractivity contribution in [1.29, 1.82) is 0 Å². The summed E-state index contributed by atoms with van der Waals surface area (Å²) >= 11 is 3.48. The third-order valence-corrected chi connectivity index (χ3v) is 4.34. The lowest BCUT2D eigenvalue weighted by molar-refractivity contribution is 0.611. The second-order valence-electron chi connectivity index (χ2n) is 5.31. The number of aromatic nitrogens is 5. The maximum Gasteiger partial charge on any atom is 0.152 e. The largest absolute Gasteiger partial charge is 0.382 e. The molecule has 4 aromatic rings. The van der Waals surface area contributed by atoms with Gasteiger partial charge in [0.15, 0.2) is 5.82 Å². The van der Waals surface area contributed by atoms with Gasteiger partial charge in [-0.3, -0.25) is 0 Å². The maximum absolute atomic E-state index is 13.9. The summed E-state index contributed by atoms with van der Waals surface area (Å²) in [6.45, 7) is 0. The number of para-hydroxylation sites is 1. The Morgan fingerprint density at radius 2 is 2.04 bits per heavy atom. The molecule has 3 heterocycles. The number of nitrogen functional groups attached to an aromatic ring is 1. The summed E-state index contributed by atoms with van der Waals surface area (Å²) in [7, 11) is 0. The molecule has 0 saturated carbocycles. The smallest absolute Gasteiger partial charge is 0.152 e. The molecule has 0 fully saturated rings. The second-order valence-corrected chi connectivity index (χ2v) is 6.16. The fourth-order valence-electron chi connectivity index (χ4n) is 2.64. The van der Waals surface area contributed by atoms with Crippen molar-refractivity contribution in [2.45, 2.75) is 6.42 Å². The zero-order valence-corrected chi connectivity index (χ0v) is 14.0. The van der Waals surface area contributed by atoms with Crippen molar-refractivity contribution >= 4 is 27.3 Å². The average molecular weight is 387 g/mol. The lowest BCUT2D eigenvalue weighted by Crippen LogP contribution is -2.02. The highest BCUT2D eigenvalue weighted by Crippen LogP contribution is 2.26. The van der Waals surface area contributed by atoms with Crippen LogP contribution in [0.4, 0.5) is 10.2 Å². The van der Waals surface area contributed by atoms with Crippen LogP contribution in [-0.2, 0) is 6.42 Å². The number of nitrogens with two attached hydrogens (primary N) is 1. The molecular formula is C16H12BrFN6. The molecule has 0 unspecified atom stereocenters. The van der Waals surface area contributed by atoms with E-state index in [0.717, 1.165) is 21.2 Å². The van der Waals surface area contributed by atoms with Crippen molar-refractivity contribution in [2.24, 2.45) is 0 Å². The van der Waals surface area contributed by atoms with Gasteiger partial charge in [-0.1, -0.05) is 12.1 Å². The summed E-state index contributed by atoms with van der Waals surface area (Å²) in [5, 5.41) is 8.49. The van der Waals surface area contributed by atoms with E-state index in [1.54, 1.807) is 35.1 Å². The van der Waals surface area contributed by atoms with Crippen LogP contribution in [0.5, 0.6) is 0 Å². The van der Waals surface area contributed by atoms with Gasteiger partial charge in [0.05, 0.1) is 6.20 Å². The molecule has 0 bridgehead atoms. The van der Waals surface area contributed by atoms with Gasteiger partial charge >= 0.3 is 0 Å². The Labute approximate surface area is 144 Å². The molecule has 8 heteroatoms. The van der Waals surface area contributed by atoms with Gasteiger partial charge < -0.3 is 5.73 Å². The molecular weight excluding hydrogens is 375 g/mol. The molecule has 2 N–H and O–H groups in total. The normalized spacial score (nSPS) is 11.2. The van der Waals surface area contributed by atoms with Gasteiger partial charge in [0.1, 0.15) is 23.3 Å². The SMILES string of the molecule is Nc1ncnn2c(Cc3cnn(-c4ccccc4F)c3)cc(Br)c12. The first kappa shape index (κ1) is 14.8. The first-order valence-electron chi connectivity index (χ1n) is 7.18. The number of benzene rings is 1. The summed E-state index contributed by atoms with van der Waals surface area (Å²) in [6.07, 6.45) is 5.51. The fraction of sp³-hybridized carbons (Fsp3) is 0.0625. The number of halogens is 2. The van der Waals surface area contributed by atoms with Gasteiger partial charge in [-0.2, -0.15) is 10.2 Å². The first-order chi connectivity index (χ1) is 11.6. The molecule has 1 aromatic carbocycles. The first-order valence-corrected chi connectivity index (χ1v) is 7.98. The topological polar surface area (TPSA) is 74.0 Å². The number of hydrogen-bond acceptors (Lipinski definition) is 4. The van der Waals surface area contributed by atoms with Crippen molar-refractivity contribution in [1.82, 2.24) is 24.4 Å². The molecule has 0 radical (unpaired) electrons. The molecule has 0 aliphatic carbocycles. The summed E-state index contributed by atoms with van der Waals surface area (Å²) in [5.41, 5.74) is 8.91. The minimum Gasteiger partial charge on any atom is -0.382 e. The molecule has 3 aromatic heterocycles. The summed E-state index contributed by atoms with van der Waals surface area (Å²) in [6, 6.07) is 8.47. The Morgan fingerprint density at radius 3 is 2.88 bits per heavy atom.